The minimum Gasteiger partial charge on any atom is -0.349 e. The number of pyridine rings is 1. The Labute approximate surface area is 246 Å². The first kappa shape index (κ1) is 29.5. The molecular formula is C30H26F2N6O4S. The number of halogens is 2. The van der Waals surface area contributed by atoms with Crippen molar-refractivity contribution in [1.29, 1.82) is 5.26 Å². The molecular weight excluding hydrogens is 578 g/mol. The summed E-state index contributed by atoms with van der Waals surface area (Å²) in [7, 11) is -3.85. The zero-order valence-corrected chi connectivity index (χ0v) is 24.1. The first-order chi connectivity index (χ1) is 20.5. The molecule has 220 valence electrons. The third-order valence-corrected chi connectivity index (χ3v) is 8.48. The van der Waals surface area contributed by atoms with Crippen LogP contribution in [0.5, 0.6) is 0 Å². The lowest BCUT2D eigenvalue weighted by Crippen LogP contribution is -2.59. The molecule has 2 aromatic heterocycles. The number of para-hydroxylation sites is 1. The maximum Gasteiger partial charge on any atom is 0.355 e. The Bertz CT molecular complexity index is 1990. The molecule has 4 aromatic rings. The highest BCUT2D eigenvalue weighted by Gasteiger charge is 2.36. The molecule has 0 spiro atoms. The number of hydrogen-bond donors (Lipinski definition) is 0. The summed E-state index contributed by atoms with van der Waals surface area (Å²) in [4.78, 5) is 38.0. The van der Waals surface area contributed by atoms with E-state index in [0.717, 1.165) is 29.0 Å². The van der Waals surface area contributed by atoms with Gasteiger partial charge in [0.05, 0.1) is 34.5 Å². The molecule has 0 N–H and O–H groups in total. The Morgan fingerprint density at radius 3 is 2.49 bits per heavy atom. The Balaban J connectivity index is 1.82. The predicted molar refractivity (Wildman–Crippen MR) is 156 cm³/mol. The number of carbonyl (C=O) groups is 1. The second-order valence-electron chi connectivity index (χ2n) is 10.2. The van der Waals surface area contributed by atoms with Crippen molar-refractivity contribution in [2.24, 2.45) is 0 Å². The number of rotatable bonds is 6. The number of hydrogen-bond acceptors (Lipinski definition) is 8. The Hall–Kier alpha value is -4.96. The van der Waals surface area contributed by atoms with Gasteiger partial charge in [0.1, 0.15) is 23.1 Å². The van der Waals surface area contributed by atoms with Gasteiger partial charge in [-0.25, -0.2) is 31.5 Å². The molecule has 2 atom stereocenters. The van der Waals surface area contributed by atoms with Gasteiger partial charge in [0.15, 0.2) is 15.5 Å². The Morgan fingerprint density at radius 2 is 1.81 bits per heavy atom. The number of amides is 1. The average molecular weight is 605 g/mol. The Kier molecular flexibility index (Phi) is 7.81. The normalized spacial score (nSPS) is 17.1. The van der Waals surface area contributed by atoms with Crippen LogP contribution < -0.4 is 10.6 Å². The quantitative estimate of drug-likeness (QED) is 0.305. The zero-order valence-electron chi connectivity index (χ0n) is 23.2. The third kappa shape index (κ3) is 5.37. The number of aromatic nitrogens is 3. The lowest BCUT2D eigenvalue weighted by Gasteiger charge is -2.45. The molecule has 0 radical (unpaired) electrons. The van der Waals surface area contributed by atoms with Gasteiger partial charge >= 0.3 is 5.69 Å². The minimum atomic E-state index is -3.85. The van der Waals surface area contributed by atoms with E-state index in [-0.39, 0.29) is 64.1 Å². The Morgan fingerprint density at radius 1 is 1.12 bits per heavy atom. The lowest BCUT2D eigenvalue weighted by atomic mass is 10.0. The summed E-state index contributed by atoms with van der Waals surface area (Å²) in [5.74, 6) is -1.98. The highest BCUT2D eigenvalue weighted by molar-refractivity contribution is 7.90. The summed E-state index contributed by atoms with van der Waals surface area (Å²) >= 11 is 0. The van der Waals surface area contributed by atoms with Gasteiger partial charge in [-0.3, -0.25) is 4.79 Å². The van der Waals surface area contributed by atoms with Crippen molar-refractivity contribution >= 4 is 32.6 Å². The summed E-state index contributed by atoms with van der Waals surface area (Å²) in [6.45, 7) is 5.55. The van der Waals surface area contributed by atoms with E-state index in [0.29, 0.717) is 0 Å². The van der Waals surface area contributed by atoms with E-state index >= 15 is 4.39 Å². The molecule has 10 nitrogen and oxygen atoms in total. The van der Waals surface area contributed by atoms with E-state index in [4.69, 9.17) is 0 Å². The van der Waals surface area contributed by atoms with Crippen molar-refractivity contribution in [2.75, 3.05) is 24.2 Å². The molecule has 0 aliphatic carbocycles. The summed E-state index contributed by atoms with van der Waals surface area (Å²) in [6, 6.07) is 13.3. The molecule has 43 heavy (non-hydrogen) atoms. The van der Waals surface area contributed by atoms with Gasteiger partial charge in [-0.15, -0.1) is 0 Å². The number of nitrogens with zero attached hydrogens (tertiary/aromatic N) is 6. The van der Waals surface area contributed by atoms with Crippen LogP contribution in [-0.4, -0.2) is 65.2 Å². The minimum absolute atomic E-state index is 0.0242. The van der Waals surface area contributed by atoms with Crippen LogP contribution in [-0.2, 0) is 14.6 Å². The second kappa shape index (κ2) is 11.4. The number of carbonyl (C=O) groups excluding carboxylic acids is 1. The van der Waals surface area contributed by atoms with Crippen LogP contribution in [0.25, 0.3) is 28.0 Å². The number of benzene rings is 2. The van der Waals surface area contributed by atoms with E-state index in [1.807, 2.05) is 0 Å². The monoisotopic (exact) mass is 604 g/mol. The fourth-order valence-electron chi connectivity index (χ4n) is 5.34. The standard InChI is InChI=1S/C30H26F2N6O4S/c1-4-26(39)37-16-18(2)36(17-19(37)13-14-33)28-21-15-23(32)27(20-9-5-6-10-22(20)31)34-29(21)38(30(40)35-28)24-11-7-8-12-25(24)43(3,41)42/h4-12,15,18-19H,1,13,16-17H2,2-3H3/t18-,19-/m0/s1. The van der Waals surface area contributed by atoms with E-state index in [1.165, 1.54) is 47.4 Å². The molecule has 0 saturated carbocycles. The van der Waals surface area contributed by atoms with E-state index in [9.17, 15) is 27.7 Å². The van der Waals surface area contributed by atoms with Crippen LogP contribution in [0.2, 0.25) is 0 Å². The van der Waals surface area contributed by atoms with Crippen molar-refractivity contribution in [1.82, 2.24) is 19.4 Å². The van der Waals surface area contributed by atoms with Gasteiger partial charge in [-0.2, -0.15) is 10.2 Å². The fourth-order valence-corrected chi connectivity index (χ4v) is 6.20. The van der Waals surface area contributed by atoms with Gasteiger partial charge in [-0.05, 0) is 43.3 Å². The highest BCUT2D eigenvalue weighted by Crippen LogP contribution is 2.34. The molecule has 3 heterocycles. The number of fused-ring (bicyclic) bond motifs is 1. The second-order valence-corrected chi connectivity index (χ2v) is 12.2. The molecule has 13 heteroatoms. The molecule has 0 unspecified atom stereocenters. The van der Waals surface area contributed by atoms with Crippen LogP contribution >= 0.6 is 0 Å². The van der Waals surface area contributed by atoms with Gasteiger partial charge in [0.2, 0.25) is 5.91 Å². The lowest BCUT2D eigenvalue weighted by molar-refractivity contribution is -0.129. The summed E-state index contributed by atoms with van der Waals surface area (Å²) in [5, 5.41) is 9.49. The highest BCUT2D eigenvalue weighted by atomic mass is 32.2. The van der Waals surface area contributed by atoms with Crippen molar-refractivity contribution in [3.8, 4) is 23.0 Å². The molecule has 0 bridgehead atoms. The molecule has 1 fully saturated rings. The SMILES string of the molecule is C=CC(=O)N1C[C@H](C)N(c2nc(=O)n(-c3ccccc3S(C)(=O)=O)c3nc(-c4ccccc4F)c(F)cc23)C[C@@H]1CC#N. The number of nitriles is 1. The van der Waals surface area contributed by atoms with Crippen LogP contribution in [0.1, 0.15) is 13.3 Å². The van der Waals surface area contributed by atoms with Gasteiger partial charge in [0, 0.05) is 31.0 Å². The number of piperazine rings is 1. The number of sulfone groups is 1. The maximum absolute atomic E-state index is 15.8. The van der Waals surface area contributed by atoms with Crippen LogP contribution in [0.3, 0.4) is 0 Å². The molecule has 2 aromatic carbocycles. The zero-order chi connectivity index (χ0) is 31.1. The smallest absolute Gasteiger partial charge is 0.349 e. The fraction of sp³-hybridized carbons (Fsp3) is 0.233. The largest absolute Gasteiger partial charge is 0.355 e. The molecule has 1 saturated heterocycles. The molecule has 1 aliphatic heterocycles. The summed E-state index contributed by atoms with van der Waals surface area (Å²) < 4.78 is 56.9. The van der Waals surface area contributed by atoms with Crippen LogP contribution in [0.15, 0.2) is 76.9 Å². The first-order valence-electron chi connectivity index (χ1n) is 13.2. The molecule has 5 rings (SSSR count). The van der Waals surface area contributed by atoms with Gasteiger partial charge in [-0.1, -0.05) is 30.8 Å². The topological polar surface area (TPSA) is 129 Å². The maximum atomic E-state index is 15.8. The van der Waals surface area contributed by atoms with Crippen molar-refractivity contribution < 1.29 is 22.0 Å². The number of anilines is 1. The van der Waals surface area contributed by atoms with Gasteiger partial charge < -0.3 is 9.80 Å². The van der Waals surface area contributed by atoms with Crippen molar-refractivity contribution in [3.63, 3.8) is 0 Å². The summed E-state index contributed by atoms with van der Waals surface area (Å²) in [5.41, 5.74) is -1.67. The van der Waals surface area contributed by atoms with E-state index in [2.05, 4.69) is 22.6 Å². The van der Waals surface area contributed by atoms with Crippen LogP contribution in [0.4, 0.5) is 14.6 Å². The predicted octanol–water partition coefficient (Wildman–Crippen LogP) is 3.63. The summed E-state index contributed by atoms with van der Waals surface area (Å²) in [6.07, 6.45) is 2.12. The van der Waals surface area contributed by atoms with Crippen LogP contribution in [0, 0.1) is 23.0 Å². The molecule has 1 amide bonds. The van der Waals surface area contributed by atoms with Gasteiger partial charge in [0.25, 0.3) is 0 Å². The molecule has 1 aliphatic rings. The third-order valence-electron chi connectivity index (χ3n) is 7.33. The first-order valence-corrected chi connectivity index (χ1v) is 15.1. The van der Waals surface area contributed by atoms with E-state index < -0.39 is 39.2 Å². The average Bonchev–Trinajstić information content (AvgIpc) is 2.97. The van der Waals surface area contributed by atoms with E-state index in [1.54, 1.807) is 11.8 Å². The van der Waals surface area contributed by atoms with Crippen molar-refractivity contribution in [3.05, 3.63) is 89.4 Å². The van der Waals surface area contributed by atoms with Crippen molar-refractivity contribution in [2.45, 2.75) is 30.3 Å².